The van der Waals surface area contributed by atoms with E-state index in [0.717, 1.165) is 69.4 Å². The molecule has 26 heavy (non-hydrogen) atoms. The van der Waals surface area contributed by atoms with Gasteiger partial charge in [0.15, 0.2) is 5.96 Å². The number of likely N-dealkylation sites (tertiary alicyclic amines) is 1. The number of nitrogens with one attached hydrogen (secondary N) is 1. The van der Waals surface area contributed by atoms with Crippen molar-refractivity contribution < 1.29 is 14.2 Å². The van der Waals surface area contributed by atoms with Crippen molar-refractivity contribution in [2.75, 3.05) is 47.0 Å². The quantitative estimate of drug-likeness (QED) is 0.415. The van der Waals surface area contributed by atoms with Crippen molar-refractivity contribution >= 4 is 5.96 Å². The van der Waals surface area contributed by atoms with Gasteiger partial charge in [-0.05, 0) is 43.9 Å². The molecule has 0 aromatic heterocycles. The van der Waals surface area contributed by atoms with Gasteiger partial charge in [-0.3, -0.25) is 4.99 Å². The molecule has 1 aromatic carbocycles. The van der Waals surface area contributed by atoms with E-state index < -0.39 is 0 Å². The van der Waals surface area contributed by atoms with E-state index in [2.05, 4.69) is 22.1 Å². The van der Waals surface area contributed by atoms with Gasteiger partial charge in [-0.25, -0.2) is 0 Å². The van der Waals surface area contributed by atoms with Gasteiger partial charge in [-0.15, -0.1) is 0 Å². The van der Waals surface area contributed by atoms with Gasteiger partial charge in [-0.2, -0.15) is 0 Å². The van der Waals surface area contributed by atoms with E-state index in [0.29, 0.717) is 12.7 Å². The van der Waals surface area contributed by atoms with E-state index in [1.54, 1.807) is 7.11 Å². The molecule has 0 bridgehead atoms. The van der Waals surface area contributed by atoms with Crippen molar-refractivity contribution in [1.29, 1.82) is 0 Å². The smallest absolute Gasteiger partial charge is 0.193 e. The van der Waals surface area contributed by atoms with Crippen LogP contribution in [0.25, 0.3) is 0 Å². The van der Waals surface area contributed by atoms with Crippen molar-refractivity contribution in [2.45, 2.75) is 38.9 Å². The molecule has 1 aliphatic heterocycles. The summed E-state index contributed by atoms with van der Waals surface area (Å²) in [6, 6.07) is 7.98. The standard InChI is InChI=1S/C20H33N3O3/c1-4-26-19-10-13-23(14-11-19)20(21-2)22-12-5-15-25-16-17-6-8-18(24-3)9-7-17/h6-9,19H,4-5,10-16H2,1-3H3,(H,21,22). The number of rotatable bonds is 9. The van der Waals surface area contributed by atoms with Crippen LogP contribution >= 0.6 is 0 Å². The summed E-state index contributed by atoms with van der Waals surface area (Å²) >= 11 is 0. The average molecular weight is 364 g/mol. The highest BCUT2D eigenvalue weighted by molar-refractivity contribution is 5.79. The number of methoxy groups -OCH3 is 1. The monoisotopic (exact) mass is 363 g/mol. The summed E-state index contributed by atoms with van der Waals surface area (Å²) < 4.78 is 16.6. The molecule has 1 saturated heterocycles. The largest absolute Gasteiger partial charge is 0.497 e. The lowest BCUT2D eigenvalue weighted by Crippen LogP contribution is -2.47. The van der Waals surface area contributed by atoms with Crippen LogP contribution in [0.3, 0.4) is 0 Å². The molecular weight excluding hydrogens is 330 g/mol. The van der Waals surface area contributed by atoms with E-state index in [9.17, 15) is 0 Å². The summed E-state index contributed by atoms with van der Waals surface area (Å²) in [7, 11) is 3.52. The van der Waals surface area contributed by atoms with Crippen LogP contribution in [0.1, 0.15) is 31.7 Å². The molecule has 1 aromatic rings. The number of hydrogen-bond donors (Lipinski definition) is 1. The number of guanidine groups is 1. The Labute approximate surface area is 157 Å². The molecule has 6 heteroatoms. The summed E-state index contributed by atoms with van der Waals surface area (Å²) in [5.41, 5.74) is 1.16. The maximum Gasteiger partial charge on any atom is 0.193 e. The average Bonchev–Trinajstić information content (AvgIpc) is 2.69. The molecule has 0 unspecified atom stereocenters. The minimum absolute atomic E-state index is 0.403. The van der Waals surface area contributed by atoms with Crippen LogP contribution in [0.4, 0.5) is 0 Å². The molecule has 2 rings (SSSR count). The summed E-state index contributed by atoms with van der Waals surface area (Å²) in [5.74, 6) is 1.85. The molecule has 0 spiro atoms. The molecule has 1 N–H and O–H groups in total. The predicted molar refractivity (Wildman–Crippen MR) is 105 cm³/mol. The van der Waals surface area contributed by atoms with Gasteiger partial charge in [0, 0.05) is 39.9 Å². The summed E-state index contributed by atoms with van der Waals surface area (Å²) in [4.78, 5) is 6.72. The number of aliphatic imine (C=N–C) groups is 1. The van der Waals surface area contributed by atoms with Gasteiger partial charge in [-0.1, -0.05) is 12.1 Å². The number of benzene rings is 1. The summed E-state index contributed by atoms with van der Waals surface area (Å²) in [6.07, 6.45) is 3.49. The number of nitrogens with zero attached hydrogens (tertiary/aromatic N) is 2. The first kappa shape index (κ1) is 20.5. The third kappa shape index (κ3) is 6.84. The molecular formula is C20H33N3O3. The lowest BCUT2D eigenvalue weighted by atomic mass is 10.1. The number of ether oxygens (including phenoxy) is 3. The fourth-order valence-corrected chi connectivity index (χ4v) is 3.09. The maximum atomic E-state index is 5.74. The van der Waals surface area contributed by atoms with E-state index >= 15 is 0 Å². The Morgan fingerprint density at radius 3 is 2.58 bits per heavy atom. The molecule has 0 radical (unpaired) electrons. The van der Waals surface area contributed by atoms with E-state index in [4.69, 9.17) is 14.2 Å². The van der Waals surface area contributed by atoms with Gasteiger partial charge >= 0.3 is 0 Å². The molecule has 1 aliphatic rings. The highest BCUT2D eigenvalue weighted by atomic mass is 16.5. The number of hydrogen-bond acceptors (Lipinski definition) is 4. The minimum atomic E-state index is 0.403. The van der Waals surface area contributed by atoms with E-state index in [1.807, 2.05) is 31.3 Å². The van der Waals surface area contributed by atoms with Crippen molar-refractivity contribution in [1.82, 2.24) is 10.2 Å². The zero-order valence-corrected chi connectivity index (χ0v) is 16.4. The molecule has 1 fully saturated rings. The Morgan fingerprint density at radius 2 is 1.96 bits per heavy atom. The first-order chi connectivity index (χ1) is 12.8. The second-order valence-corrected chi connectivity index (χ2v) is 6.37. The molecule has 1 heterocycles. The molecule has 0 amide bonds. The molecule has 0 aliphatic carbocycles. The fourth-order valence-electron chi connectivity index (χ4n) is 3.09. The van der Waals surface area contributed by atoms with Crippen LogP contribution in [-0.4, -0.2) is 64.0 Å². The third-order valence-electron chi connectivity index (χ3n) is 4.53. The van der Waals surface area contributed by atoms with E-state index in [-0.39, 0.29) is 0 Å². The maximum absolute atomic E-state index is 5.74. The van der Waals surface area contributed by atoms with Crippen LogP contribution in [0, 0.1) is 0 Å². The topological polar surface area (TPSA) is 55.3 Å². The lowest BCUT2D eigenvalue weighted by Gasteiger charge is -2.34. The Kier molecular flexibility index (Phi) is 9.28. The minimum Gasteiger partial charge on any atom is -0.497 e. The highest BCUT2D eigenvalue weighted by Gasteiger charge is 2.21. The molecule has 0 saturated carbocycles. The summed E-state index contributed by atoms with van der Waals surface area (Å²) in [6.45, 7) is 7.07. The Balaban J connectivity index is 1.58. The van der Waals surface area contributed by atoms with E-state index in [1.165, 1.54) is 0 Å². The van der Waals surface area contributed by atoms with Gasteiger partial charge < -0.3 is 24.4 Å². The Morgan fingerprint density at radius 1 is 1.23 bits per heavy atom. The second kappa shape index (κ2) is 11.8. The normalized spacial score (nSPS) is 16.0. The Bertz CT molecular complexity index is 526. The van der Waals surface area contributed by atoms with Crippen LogP contribution in [-0.2, 0) is 16.1 Å². The first-order valence-electron chi connectivity index (χ1n) is 9.54. The molecule has 0 atom stereocenters. The predicted octanol–water partition coefficient (Wildman–Crippen LogP) is 2.68. The highest BCUT2D eigenvalue weighted by Crippen LogP contribution is 2.14. The zero-order chi connectivity index (χ0) is 18.6. The lowest BCUT2D eigenvalue weighted by molar-refractivity contribution is 0.0263. The van der Waals surface area contributed by atoms with Gasteiger partial charge in [0.1, 0.15) is 5.75 Å². The molecule has 6 nitrogen and oxygen atoms in total. The van der Waals surface area contributed by atoms with Gasteiger partial charge in [0.05, 0.1) is 19.8 Å². The summed E-state index contributed by atoms with van der Waals surface area (Å²) in [5, 5.41) is 3.44. The van der Waals surface area contributed by atoms with Crippen LogP contribution in [0.5, 0.6) is 5.75 Å². The fraction of sp³-hybridized carbons (Fsp3) is 0.650. The van der Waals surface area contributed by atoms with Crippen molar-refractivity contribution in [3.63, 3.8) is 0 Å². The van der Waals surface area contributed by atoms with Crippen molar-refractivity contribution in [2.24, 2.45) is 4.99 Å². The third-order valence-corrected chi connectivity index (χ3v) is 4.53. The van der Waals surface area contributed by atoms with Gasteiger partial charge in [0.2, 0.25) is 0 Å². The van der Waals surface area contributed by atoms with Crippen LogP contribution in [0.15, 0.2) is 29.3 Å². The second-order valence-electron chi connectivity index (χ2n) is 6.37. The first-order valence-corrected chi connectivity index (χ1v) is 9.54. The number of piperidine rings is 1. The van der Waals surface area contributed by atoms with Crippen molar-refractivity contribution in [3.05, 3.63) is 29.8 Å². The SMILES string of the molecule is CCOC1CCN(C(=NC)NCCCOCc2ccc(OC)cc2)CC1. The van der Waals surface area contributed by atoms with Crippen LogP contribution < -0.4 is 10.1 Å². The molecule has 146 valence electrons. The zero-order valence-electron chi connectivity index (χ0n) is 16.4. The van der Waals surface area contributed by atoms with Crippen LogP contribution in [0.2, 0.25) is 0 Å². The van der Waals surface area contributed by atoms with Gasteiger partial charge in [0.25, 0.3) is 0 Å². The van der Waals surface area contributed by atoms with Crippen molar-refractivity contribution in [3.8, 4) is 5.75 Å². The Hall–Kier alpha value is -1.79.